The lowest BCUT2D eigenvalue weighted by Crippen LogP contribution is -2.63. The summed E-state index contributed by atoms with van der Waals surface area (Å²) in [5.74, 6) is -7.54. The summed E-state index contributed by atoms with van der Waals surface area (Å²) in [5, 5.41) is 48.8. The van der Waals surface area contributed by atoms with E-state index in [0.29, 0.717) is 24.2 Å². The van der Waals surface area contributed by atoms with Gasteiger partial charge in [0.2, 0.25) is 11.7 Å². The maximum Gasteiger partial charge on any atom is 0.255 e. The average Bonchev–Trinajstić information content (AvgIpc) is 3.38. The minimum absolute atomic E-state index is 0. The summed E-state index contributed by atoms with van der Waals surface area (Å²) in [6.45, 7) is 7.77. The molecule has 1 heterocycles. The van der Waals surface area contributed by atoms with Gasteiger partial charge in [-0.15, -0.1) is 24.8 Å². The number of halogens is 2. The fraction of sp³-hybridized carbons (Fsp3) is 0.576. The zero-order valence-corrected chi connectivity index (χ0v) is 29.9. The van der Waals surface area contributed by atoms with Gasteiger partial charge in [-0.3, -0.25) is 29.0 Å². The SMILES string of the molecule is CN(C)c1cc(NC(=O)[C@@H]2CCCN2CC(C)(C)C)c(O)c2c1C[C@H]1C[C@H]3[C@H](N(C)C)C(O)=C(C(N)=O)C(=O)[C@@]3(O)C(O)=C1C2=O.Cl.Cl. The lowest BCUT2D eigenvalue weighted by atomic mass is 9.58. The zero-order valence-electron chi connectivity index (χ0n) is 28.3. The Hall–Kier alpha value is -3.36. The molecule has 266 valence electrons. The number of phenolic OH excluding ortho intramolecular Hbond substituents is 1. The number of hydrogen-bond acceptors (Lipinski definition) is 11. The second kappa shape index (κ2) is 13.5. The van der Waals surface area contributed by atoms with Gasteiger partial charge in [-0.1, -0.05) is 20.8 Å². The van der Waals surface area contributed by atoms with Gasteiger partial charge in [-0.25, -0.2) is 0 Å². The Bertz CT molecular complexity index is 1600. The minimum Gasteiger partial charge on any atom is -0.510 e. The number of likely N-dealkylation sites (N-methyl/N-ethyl adjacent to an activating group) is 1. The lowest BCUT2D eigenvalue weighted by molar-refractivity contribution is -0.148. The number of likely N-dealkylation sites (tertiary alicyclic amines) is 1. The summed E-state index contributed by atoms with van der Waals surface area (Å²) in [6.07, 6.45) is 1.63. The Balaban J connectivity index is 0.00000312. The third-order valence-electron chi connectivity index (χ3n) is 9.78. The van der Waals surface area contributed by atoms with E-state index in [0.717, 1.165) is 13.0 Å². The summed E-state index contributed by atoms with van der Waals surface area (Å²) < 4.78 is 0. The van der Waals surface area contributed by atoms with Crippen LogP contribution < -0.4 is 16.0 Å². The van der Waals surface area contributed by atoms with Crippen LogP contribution in [0.3, 0.4) is 0 Å². The van der Waals surface area contributed by atoms with Crippen LogP contribution in [0.25, 0.3) is 0 Å². The Labute approximate surface area is 292 Å². The summed E-state index contributed by atoms with van der Waals surface area (Å²) in [6, 6.07) is 0.134. The number of nitrogens with two attached hydrogens (primary N) is 1. The molecular weight excluding hydrogens is 665 g/mol. The van der Waals surface area contributed by atoms with Crippen molar-refractivity contribution in [1.82, 2.24) is 9.80 Å². The van der Waals surface area contributed by atoms with Crippen molar-refractivity contribution in [2.75, 3.05) is 51.5 Å². The van der Waals surface area contributed by atoms with Gasteiger partial charge < -0.3 is 36.4 Å². The largest absolute Gasteiger partial charge is 0.510 e. The van der Waals surface area contributed by atoms with Crippen molar-refractivity contribution < 1.29 is 39.6 Å². The van der Waals surface area contributed by atoms with Crippen molar-refractivity contribution in [3.05, 3.63) is 39.9 Å². The molecule has 2 amide bonds. The summed E-state index contributed by atoms with van der Waals surface area (Å²) >= 11 is 0. The van der Waals surface area contributed by atoms with Gasteiger partial charge in [-0.05, 0) is 69.3 Å². The number of aliphatic hydroxyl groups is 3. The predicted molar refractivity (Wildman–Crippen MR) is 185 cm³/mol. The van der Waals surface area contributed by atoms with E-state index in [1.807, 2.05) is 0 Å². The van der Waals surface area contributed by atoms with Crippen LogP contribution >= 0.6 is 24.8 Å². The highest BCUT2D eigenvalue weighted by Gasteiger charge is 2.63. The number of nitrogens with zero attached hydrogens (tertiary/aromatic N) is 3. The highest BCUT2D eigenvalue weighted by atomic mass is 35.5. The molecule has 4 aliphatic rings. The number of fused-ring (bicyclic) bond motifs is 3. The average molecular weight is 713 g/mol. The molecule has 0 radical (unpaired) electrons. The lowest BCUT2D eigenvalue weighted by Gasteiger charge is -2.50. The maximum atomic E-state index is 14.3. The number of aromatic hydroxyl groups is 1. The van der Waals surface area contributed by atoms with Gasteiger partial charge in [0.15, 0.2) is 17.1 Å². The number of primary amides is 1. The number of hydrogen-bond donors (Lipinski definition) is 6. The van der Waals surface area contributed by atoms with Gasteiger partial charge in [0.25, 0.3) is 5.91 Å². The van der Waals surface area contributed by atoms with Gasteiger partial charge >= 0.3 is 0 Å². The molecule has 1 aromatic rings. The summed E-state index contributed by atoms with van der Waals surface area (Å²) in [5.41, 5.74) is 2.47. The van der Waals surface area contributed by atoms with Crippen molar-refractivity contribution >= 4 is 59.6 Å². The van der Waals surface area contributed by atoms with Gasteiger partial charge in [0.1, 0.15) is 17.1 Å². The van der Waals surface area contributed by atoms with Crippen LogP contribution in [0, 0.1) is 17.3 Å². The van der Waals surface area contributed by atoms with Crippen LogP contribution in [0.5, 0.6) is 5.75 Å². The normalized spacial score (nSPS) is 27.1. The number of carbonyl (C=O) groups is 4. The number of phenols is 1. The van der Waals surface area contributed by atoms with Crippen LogP contribution in [0.4, 0.5) is 11.4 Å². The number of benzene rings is 1. The Morgan fingerprint density at radius 1 is 1.10 bits per heavy atom. The maximum absolute atomic E-state index is 14.3. The molecule has 13 nitrogen and oxygen atoms in total. The fourth-order valence-electron chi connectivity index (χ4n) is 7.93. The van der Waals surface area contributed by atoms with Crippen molar-refractivity contribution in [2.45, 2.75) is 64.1 Å². The van der Waals surface area contributed by atoms with Gasteiger partial charge in [-0.2, -0.15) is 0 Å². The molecule has 0 aromatic heterocycles. The zero-order chi connectivity index (χ0) is 34.2. The number of anilines is 2. The molecule has 0 bridgehead atoms. The van der Waals surface area contributed by atoms with Crippen molar-refractivity contribution in [3.63, 3.8) is 0 Å². The first kappa shape index (κ1) is 39.1. The van der Waals surface area contributed by atoms with E-state index in [1.165, 1.54) is 4.90 Å². The molecule has 1 aromatic carbocycles. The molecule has 15 heteroatoms. The van der Waals surface area contributed by atoms with E-state index >= 15 is 0 Å². The summed E-state index contributed by atoms with van der Waals surface area (Å²) in [4.78, 5) is 59.0. The fourth-order valence-corrected chi connectivity index (χ4v) is 7.93. The highest BCUT2D eigenvalue weighted by Crippen LogP contribution is 2.54. The Morgan fingerprint density at radius 2 is 1.73 bits per heavy atom. The molecule has 0 spiro atoms. The van der Waals surface area contributed by atoms with Crippen LogP contribution in [0.15, 0.2) is 28.7 Å². The number of aliphatic hydroxyl groups excluding tert-OH is 2. The Morgan fingerprint density at radius 3 is 2.27 bits per heavy atom. The summed E-state index contributed by atoms with van der Waals surface area (Å²) in [7, 11) is 6.70. The van der Waals surface area contributed by atoms with E-state index in [1.54, 1.807) is 39.2 Å². The number of rotatable bonds is 6. The second-order valence-electron chi connectivity index (χ2n) is 14.7. The predicted octanol–water partition coefficient (Wildman–Crippen LogP) is 2.48. The molecule has 0 saturated carbocycles. The first-order valence-corrected chi connectivity index (χ1v) is 15.6. The number of carbonyl (C=O) groups excluding carboxylic acids is 4. The van der Waals surface area contributed by atoms with Crippen LogP contribution in [-0.4, -0.2) is 113 Å². The first-order valence-electron chi connectivity index (χ1n) is 15.6. The quantitative estimate of drug-likeness (QED) is 0.187. The van der Waals surface area contributed by atoms with Crippen LogP contribution in [0.1, 0.15) is 56.0 Å². The second-order valence-corrected chi connectivity index (χ2v) is 14.7. The minimum atomic E-state index is -2.73. The van der Waals surface area contributed by atoms with Gasteiger partial charge in [0.05, 0.1) is 23.3 Å². The molecule has 5 rings (SSSR count). The number of allylic oxidation sites excluding steroid dienone is 1. The molecule has 1 saturated heterocycles. The van der Waals surface area contributed by atoms with Crippen LogP contribution in [-0.2, 0) is 20.8 Å². The van der Waals surface area contributed by atoms with E-state index < -0.39 is 69.8 Å². The number of ketones is 2. The molecule has 0 unspecified atom stereocenters. The molecule has 7 N–H and O–H groups in total. The molecular formula is C33H47Cl2N5O8. The molecule has 5 atom stereocenters. The van der Waals surface area contributed by atoms with E-state index in [-0.39, 0.29) is 65.8 Å². The van der Waals surface area contributed by atoms with Gasteiger partial charge in [0, 0.05) is 37.8 Å². The molecule has 1 fully saturated rings. The number of amides is 2. The topological polar surface area (TPSA) is 197 Å². The molecule has 1 aliphatic heterocycles. The first-order chi connectivity index (χ1) is 21.3. The standard InChI is InChI=1S/C33H45N5O8.2ClH/c1-32(2,3)14-38-10-8-9-19(38)31(45)35-18-13-20(36(4)5)16-11-15-12-17-24(37(6)7)27(41)23(30(34)44)29(43)33(17,46)28(42)21(15)26(40)22(16)25(18)39;;/h13,15,17,19,24,39,41-42,46H,8-12,14H2,1-7H3,(H2,34,44)(H,35,45);2*1H/t15-,17-,19-,24-,33-;;/m0../s1. The third kappa shape index (κ3) is 6.15. The highest BCUT2D eigenvalue weighted by molar-refractivity contribution is 6.25. The van der Waals surface area contributed by atoms with Crippen molar-refractivity contribution in [3.8, 4) is 5.75 Å². The third-order valence-corrected chi connectivity index (χ3v) is 9.78. The Kier molecular flexibility index (Phi) is 11.0. The van der Waals surface area contributed by atoms with E-state index in [9.17, 15) is 39.6 Å². The van der Waals surface area contributed by atoms with Crippen molar-refractivity contribution in [2.24, 2.45) is 23.0 Å². The monoisotopic (exact) mass is 711 g/mol. The van der Waals surface area contributed by atoms with Crippen LogP contribution in [0.2, 0.25) is 0 Å². The smallest absolute Gasteiger partial charge is 0.255 e. The molecule has 48 heavy (non-hydrogen) atoms. The van der Waals surface area contributed by atoms with Crippen molar-refractivity contribution in [1.29, 1.82) is 0 Å². The molecule has 3 aliphatic carbocycles. The van der Waals surface area contributed by atoms with E-state index in [4.69, 9.17) is 5.73 Å². The number of Topliss-reactive ketones (excluding diaryl/α,β-unsaturated/α-hetero) is 2. The van der Waals surface area contributed by atoms with E-state index in [2.05, 4.69) is 31.0 Å². The number of nitrogens with one attached hydrogen (secondary N) is 1.